The minimum absolute atomic E-state index is 0.0481. The number of amides is 1. The smallest absolute Gasteiger partial charge is 0.274 e. The lowest BCUT2D eigenvalue weighted by atomic mass is 10.1. The molecule has 9 nitrogen and oxygen atoms in total. The zero-order valence-corrected chi connectivity index (χ0v) is 20.8. The average Bonchev–Trinajstić information content (AvgIpc) is 3.27. The predicted octanol–water partition coefficient (Wildman–Crippen LogP) is 2.78. The molecule has 0 radical (unpaired) electrons. The lowest BCUT2D eigenvalue weighted by molar-refractivity contribution is 0.0374. The Kier molecular flexibility index (Phi) is 6.54. The van der Waals surface area contributed by atoms with Crippen LogP contribution in [0.4, 0.5) is 5.69 Å². The van der Waals surface area contributed by atoms with E-state index >= 15 is 0 Å². The number of benzene rings is 2. The van der Waals surface area contributed by atoms with Crippen molar-refractivity contribution < 1.29 is 17.9 Å². The molecule has 0 atom stereocenters. The largest absolute Gasteiger partial charge is 0.379 e. The first-order valence-electron chi connectivity index (χ1n) is 11.4. The second-order valence-electron chi connectivity index (χ2n) is 8.47. The highest BCUT2D eigenvalue weighted by atomic mass is 35.5. The maximum absolute atomic E-state index is 13.3. The number of halogens is 1. The van der Waals surface area contributed by atoms with Gasteiger partial charge in [0.25, 0.3) is 15.9 Å². The number of hydrogen-bond donors (Lipinski definition) is 1. The molecule has 2 aliphatic heterocycles. The monoisotopic (exact) mass is 515 g/mol. The maximum atomic E-state index is 13.3. The van der Waals surface area contributed by atoms with Crippen molar-refractivity contribution in [2.45, 2.75) is 11.3 Å². The molecule has 0 aliphatic carbocycles. The number of nitrogens with one attached hydrogen (secondary N) is 1. The van der Waals surface area contributed by atoms with Gasteiger partial charge in [-0.15, -0.1) is 0 Å². The van der Waals surface area contributed by atoms with E-state index in [1.165, 1.54) is 7.05 Å². The number of ether oxygens (including phenoxy) is 1. The first-order chi connectivity index (χ1) is 16.9. The van der Waals surface area contributed by atoms with Crippen LogP contribution in [0.15, 0.2) is 53.4 Å². The van der Waals surface area contributed by atoms with E-state index in [1.807, 2.05) is 6.07 Å². The van der Waals surface area contributed by atoms with Crippen molar-refractivity contribution in [1.29, 1.82) is 0 Å². The molecule has 2 aliphatic rings. The number of carbonyl (C=O) groups excluding carboxylic acids is 1. The Morgan fingerprint density at radius 2 is 1.91 bits per heavy atom. The van der Waals surface area contributed by atoms with Gasteiger partial charge in [0.05, 0.1) is 23.8 Å². The van der Waals surface area contributed by atoms with Gasteiger partial charge in [-0.2, -0.15) is 5.10 Å². The van der Waals surface area contributed by atoms with Gasteiger partial charge in [-0.1, -0.05) is 35.9 Å². The Hall–Kier alpha value is -2.92. The van der Waals surface area contributed by atoms with Crippen molar-refractivity contribution >= 4 is 33.2 Å². The van der Waals surface area contributed by atoms with Gasteiger partial charge in [-0.05, 0) is 37.2 Å². The summed E-state index contributed by atoms with van der Waals surface area (Å²) in [5.41, 5.74) is 1.93. The van der Waals surface area contributed by atoms with Crippen molar-refractivity contribution in [2.75, 3.05) is 50.7 Å². The Labute approximate surface area is 209 Å². The molecule has 184 valence electrons. The van der Waals surface area contributed by atoms with Crippen LogP contribution in [0.1, 0.15) is 16.9 Å². The number of aromatic nitrogens is 2. The van der Waals surface area contributed by atoms with Crippen LogP contribution in [-0.4, -0.2) is 75.4 Å². The van der Waals surface area contributed by atoms with E-state index in [-0.39, 0.29) is 16.3 Å². The van der Waals surface area contributed by atoms with Crippen LogP contribution in [0.5, 0.6) is 0 Å². The molecule has 1 aromatic heterocycles. The van der Waals surface area contributed by atoms with Crippen LogP contribution in [0.25, 0.3) is 16.9 Å². The molecule has 1 saturated heterocycles. The van der Waals surface area contributed by atoms with Gasteiger partial charge in [0.15, 0.2) is 5.69 Å². The summed E-state index contributed by atoms with van der Waals surface area (Å²) in [6.45, 7) is 4.51. The Morgan fingerprint density at radius 1 is 1.14 bits per heavy atom. The first kappa shape index (κ1) is 23.8. The minimum atomic E-state index is -3.85. The quantitative estimate of drug-likeness (QED) is 0.507. The van der Waals surface area contributed by atoms with E-state index in [2.05, 4.69) is 15.3 Å². The van der Waals surface area contributed by atoms with Gasteiger partial charge in [0.2, 0.25) is 0 Å². The minimum Gasteiger partial charge on any atom is -0.379 e. The lowest BCUT2D eigenvalue weighted by Gasteiger charge is -2.27. The summed E-state index contributed by atoms with van der Waals surface area (Å²) in [4.78, 5) is 15.7. The molecule has 11 heteroatoms. The van der Waals surface area contributed by atoms with Crippen LogP contribution in [0, 0.1) is 0 Å². The number of nitrogens with zero attached hydrogens (tertiary/aromatic N) is 4. The molecular formula is C24H26ClN5O4S. The van der Waals surface area contributed by atoms with Crippen molar-refractivity contribution in [3.05, 3.63) is 59.2 Å². The fourth-order valence-corrected chi connectivity index (χ4v) is 6.05. The third-order valence-electron chi connectivity index (χ3n) is 6.26. The Balaban J connectivity index is 1.51. The molecule has 3 aromatic rings. The van der Waals surface area contributed by atoms with Gasteiger partial charge < -0.3 is 10.1 Å². The summed E-state index contributed by atoms with van der Waals surface area (Å²) in [6.07, 6.45) is 0.764. The molecule has 35 heavy (non-hydrogen) atoms. The molecular weight excluding hydrogens is 490 g/mol. The van der Waals surface area contributed by atoms with Gasteiger partial charge in [-0.25, -0.2) is 13.1 Å². The van der Waals surface area contributed by atoms with E-state index in [0.717, 1.165) is 43.6 Å². The summed E-state index contributed by atoms with van der Waals surface area (Å²) in [5.74, 6) is -0.426. The number of hydrogen-bond acceptors (Lipinski definition) is 6. The normalized spacial score (nSPS) is 17.0. The number of carbonyl (C=O) groups is 1. The van der Waals surface area contributed by atoms with Crippen LogP contribution in [0.2, 0.25) is 5.02 Å². The van der Waals surface area contributed by atoms with Crippen LogP contribution >= 0.6 is 11.6 Å². The Morgan fingerprint density at radius 3 is 2.69 bits per heavy atom. The fourth-order valence-electron chi connectivity index (χ4n) is 4.47. The maximum Gasteiger partial charge on any atom is 0.274 e. The summed E-state index contributed by atoms with van der Waals surface area (Å²) in [7, 11) is -2.40. The number of morpholine rings is 1. The van der Waals surface area contributed by atoms with E-state index in [1.54, 1.807) is 47.1 Å². The molecule has 3 heterocycles. The molecule has 2 aromatic carbocycles. The number of sulfonamides is 1. The summed E-state index contributed by atoms with van der Waals surface area (Å²) in [6, 6.07) is 13.8. The second kappa shape index (κ2) is 9.62. The molecule has 0 spiro atoms. The van der Waals surface area contributed by atoms with Gasteiger partial charge in [0.1, 0.15) is 11.4 Å². The first-order valence-corrected chi connectivity index (χ1v) is 13.3. The second-order valence-corrected chi connectivity index (χ2v) is 10.8. The molecule has 1 amide bonds. The van der Waals surface area contributed by atoms with Crippen LogP contribution < -0.4 is 9.62 Å². The standard InChI is InChI=1S/C24H26ClN5O4S/c1-28-23-21(24(31)26-10-5-11-29-12-14-34-15-13-29)27-30(18-7-4-6-17(25)16-18)22(23)19-8-2-3-9-20(19)35(28,32)33/h2-4,6-9,16H,5,10-15H2,1H3,(H,26,31). The molecule has 0 unspecified atom stereocenters. The highest BCUT2D eigenvalue weighted by Gasteiger charge is 2.39. The highest BCUT2D eigenvalue weighted by molar-refractivity contribution is 7.93. The van der Waals surface area contributed by atoms with Gasteiger partial charge in [0, 0.05) is 37.3 Å². The average molecular weight is 516 g/mol. The van der Waals surface area contributed by atoms with Gasteiger partial charge in [-0.3, -0.25) is 14.0 Å². The van der Waals surface area contributed by atoms with Crippen molar-refractivity contribution in [2.24, 2.45) is 0 Å². The van der Waals surface area contributed by atoms with E-state index in [0.29, 0.717) is 28.5 Å². The summed E-state index contributed by atoms with van der Waals surface area (Å²) >= 11 is 6.23. The van der Waals surface area contributed by atoms with E-state index in [4.69, 9.17) is 16.3 Å². The zero-order valence-electron chi connectivity index (χ0n) is 19.3. The van der Waals surface area contributed by atoms with Crippen LogP contribution in [0.3, 0.4) is 0 Å². The molecule has 1 N–H and O–H groups in total. The van der Waals surface area contributed by atoms with Gasteiger partial charge >= 0.3 is 0 Å². The van der Waals surface area contributed by atoms with E-state index in [9.17, 15) is 13.2 Å². The Bertz CT molecular complexity index is 1370. The van der Waals surface area contributed by atoms with Crippen molar-refractivity contribution in [3.63, 3.8) is 0 Å². The van der Waals surface area contributed by atoms with Crippen molar-refractivity contribution in [1.82, 2.24) is 20.0 Å². The summed E-state index contributed by atoms with van der Waals surface area (Å²) in [5, 5.41) is 8.02. The lowest BCUT2D eigenvalue weighted by Crippen LogP contribution is -2.38. The predicted molar refractivity (Wildman–Crippen MR) is 134 cm³/mol. The fraction of sp³-hybridized carbons (Fsp3) is 0.333. The number of anilines is 1. The number of rotatable bonds is 6. The SMILES string of the molecule is CN1c2c(C(=O)NCCCN3CCOCC3)nn(-c3cccc(Cl)c3)c2-c2ccccc2S1(=O)=O. The molecule has 0 saturated carbocycles. The zero-order chi connectivity index (χ0) is 24.6. The molecule has 1 fully saturated rings. The van der Waals surface area contributed by atoms with Crippen LogP contribution in [-0.2, 0) is 14.8 Å². The molecule has 0 bridgehead atoms. The third-order valence-corrected chi connectivity index (χ3v) is 8.31. The topological polar surface area (TPSA) is 96.8 Å². The van der Waals surface area contributed by atoms with Crippen molar-refractivity contribution in [3.8, 4) is 16.9 Å². The summed E-state index contributed by atoms with van der Waals surface area (Å²) < 4.78 is 34.7. The third kappa shape index (κ3) is 4.42. The highest BCUT2D eigenvalue weighted by Crippen LogP contribution is 2.45. The molecule has 5 rings (SSSR count). The number of fused-ring (bicyclic) bond motifs is 3. The van der Waals surface area contributed by atoms with E-state index < -0.39 is 15.9 Å².